The van der Waals surface area contributed by atoms with Crippen molar-refractivity contribution >= 4 is 17.5 Å². The standard InChI is InChI=1S/C20H22N2O2/c1-4-11-21-20(24)17-7-5-6-8-18(17)22-19(23)13-16-12-14(2)9-10-15(16)3/h4-10,12H,1,11,13H2,2-3H3,(H,21,24)(H,22,23). The Kier molecular flexibility index (Phi) is 5.90. The molecule has 0 bridgehead atoms. The second-order valence-electron chi connectivity index (χ2n) is 5.70. The number of para-hydroxylation sites is 1. The number of carbonyl (C=O) groups excluding carboxylic acids is 2. The minimum atomic E-state index is -0.238. The minimum Gasteiger partial charge on any atom is -0.349 e. The van der Waals surface area contributed by atoms with Crippen LogP contribution in [-0.2, 0) is 11.2 Å². The third-order valence-corrected chi connectivity index (χ3v) is 3.71. The van der Waals surface area contributed by atoms with Crippen LogP contribution in [0.4, 0.5) is 5.69 Å². The number of benzene rings is 2. The highest BCUT2D eigenvalue weighted by molar-refractivity contribution is 6.04. The third-order valence-electron chi connectivity index (χ3n) is 3.71. The molecule has 0 aliphatic rings. The molecule has 0 heterocycles. The number of aryl methyl sites for hydroxylation is 2. The van der Waals surface area contributed by atoms with E-state index in [1.165, 1.54) is 0 Å². The zero-order chi connectivity index (χ0) is 17.5. The molecule has 24 heavy (non-hydrogen) atoms. The van der Waals surface area contributed by atoms with Crippen LogP contribution in [0.5, 0.6) is 0 Å². The summed E-state index contributed by atoms with van der Waals surface area (Å²) in [6.07, 6.45) is 1.88. The molecule has 0 aliphatic carbocycles. The Balaban J connectivity index is 2.13. The summed E-state index contributed by atoms with van der Waals surface area (Å²) in [4.78, 5) is 24.5. The van der Waals surface area contributed by atoms with E-state index >= 15 is 0 Å². The molecule has 0 radical (unpaired) electrons. The molecule has 0 spiro atoms. The van der Waals surface area contributed by atoms with Gasteiger partial charge in [-0.25, -0.2) is 0 Å². The van der Waals surface area contributed by atoms with Crippen molar-refractivity contribution in [1.29, 1.82) is 0 Å². The Hall–Kier alpha value is -2.88. The Labute approximate surface area is 142 Å². The van der Waals surface area contributed by atoms with E-state index in [0.717, 1.165) is 16.7 Å². The van der Waals surface area contributed by atoms with Crippen molar-refractivity contribution in [1.82, 2.24) is 5.32 Å². The molecule has 2 N–H and O–H groups in total. The first kappa shape index (κ1) is 17.5. The van der Waals surface area contributed by atoms with Gasteiger partial charge in [0.15, 0.2) is 0 Å². The molecule has 2 amide bonds. The number of hydrogen-bond donors (Lipinski definition) is 2. The summed E-state index contributed by atoms with van der Waals surface area (Å²) >= 11 is 0. The highest BCUT2D eigenvalue weighted by Gasteiger charge is 2.13. The maximum absolute atomic E-state index is 12.4. The normalized spacial score (nSPS) is 10.1. The molecule has 0 atom stereocenters. The fraction of sp³-hybridized carbons (Fsp3) is 0.200. The average molecular weight is 322 g/mol. The van der Waals surface area contributed by atoms with E-state index in [9.17, 15) is 9.59 Å². The van der Waals surface area contributed by atoms with Gasteiger partial charge in [-0.05, 0) is 37.1 Å². The third kappa shape index (κ3) is 4.56. The SMILES string of the molecule is C=CCNC(=O)c1ccccc1NC(=O)Cc1cc(C)ccc1C. The molecule has 4 nitrogen and oxygen atoms in total. The number of carbonyl (C=O) groups is 2. The maximum atomic E-state index is 12.4. The summed E-state index contributed by atoms with van der Waals surface area (Å²) in [5.41, 5.74) is 4.13. The lowest BCUT2D eigenvalue weighted by Gasteiger charge is -2.12. The van der Waals surface area contributed by atoms with Gasteiger partial charge in [-0.1, -0.05) is 42.0 Å². The van der Waals surface area contributed by atoms with E-state index in [2.05, 4.69) is 17.2 Å². The Morgan fingerprint density at radius 2 is 1.88 bits per heavy atom. The summed E-state index contributed by atoms with van der Waals surface area (Å²) in [7, 11) is 0. The summed E-state index contributed by atoms with van der Waals surface area (Å²) in [5.74, 6) is -0.384. The van der Waals surface area contributed by atoms with Gasteiger partial charge in [-0.15, -0.1) is 6.58 Å². The predicted molar refractivity (Wildman–Crippen MR) is 97.2 cm³/mol. The highest BCUT2D eigenvalue weighted by Crippen LogP contribution is 2.17. The van der Waals surface area contributed by atoms with E-state index in [0.29, 0.717) is 17.8 Å². The van der Waals surface area contributed by atoms with Gasteiger partial charge in [0, 0.05) is 6.54 Å². The fourth-order valence-corrected chi connectivity index (χ4v) is 2.41. The van der Waals surface area contributed by atoms with Crippen molar-refractivity contribution in [2.24, 2.45) is 0 Å². The van der Waals surface area contributed by atoms with Gasteiger partial charge in [0.1, 0.15) is 0 Å². The van der Waals surface area contributed by atoms with E-state index in [-0.39, 0.29) is 18.2 Å². The van der Waals surface area contributed by atoms with Gasteiger partial charge in [0.05, 0.1) is 17.7 Å². The second-order valence-corrected chi connectivity index (χ2v) is 5.70. The van der Waals surface area contributed by atoms with Crippen molar-refractivity contribution in [2.75, 3.05) is 11.9 Å². The Morgan fingerprint density at radius 1 is 1.12 bits per heavy atom. The lowest BCUT2D eigenvalue weighted by Crippen LogP contribution is -2.25. The smallest absolute Gasteiger partial charge is 0.253 e. The van der Waals surface area contributed by atoms with Crippen LogP contribution in [0.1, 0.15) is 27.0 Å². The quantitative estimate of drug-likeness (QED) is 0.801. The Bertz CT molecular complexity index is 766. The first-order chi connectivity index (χ1) is 11.5. The van der Waals surface area contributed by atoms with E-state index < -0.39 is 0 Å². The molecule has 2 aromatic carbocycles. The second kappa shape index (κ2) is 8.11. The fourth-order valence-electron chi connectivity index (χ4n) is 2.41. The van der Waals surface area contributed by atoms with Crippen LogP contribution in [0.15, 0.2) is 55.1 Å². The Morgan fingerprint density at radius 3 is 2.62 bits per heavy atom. The average Bonchev–Trinajstić information content (AvgIpc) is 2.56. The van der Waals surface area contributed by atoms with Crippen LogP contribution in [-0.4, -0.2) is 18.4 Å². The van der Waals surface area contributed by atoms with Crippen LogP contribution in [0.2, 0.25) is 0 Å². The van der Waals surface area contributed by atoms with Crippen molar-refractivity contribution in [3.05, 3.63) is 77.4 Å². The molecule has 0 unspecified atom stereocenters. The van der Waals surface area contributed by atoms with Gasteiger partial charge in [0.25, 0.3) is 5.91 Å². The first-order valence-electron chi connectivity index (χ1n) is 7.85. The number of rotatable bonds is 6. The molecule has 0 fully saturated rings. The van der Waals surface area contributed by atoms with Gasteiger partial charge >= 0.3 is 0 Å². The summed E-state index contributed by atoms with van der Waals surface area (Å²) in [6.45, 7) is 7.94. The number of nitrogens with one attached hydrogen (secondary N) is 2. The van der Waals surface area contributed by atoms with E-state index in [4.69, 9.17) is 0 Å². The summed E-state index contributed by atoms with van der Waals surface area (Å²) in [5, 5.41) is 5.56. The molecular weight excluding hydrogens is 300 g/mol. The largest absolute Gasteiger partial charge is 0.349 e. The molecule has 0 saturated heterocycles. The van der Waals surface area contributed by atoms with Gasteiger partial charge in [0.2, 0.25) is 5.91 Å². The summed E-state index contributed by atoms with van der Waals surface area (Å²) in [6, 6.07) is 13.0. The lowest BCUT2D eigenvalue weighted by atomic mass is 10.0. The monoisotopic (exact) mass is 322 g/mol. The first-order valence-corrected chi connectivity index (χ1v) is 7.85. The predicted octanol–water partition coefficient (Wildman–Crippen LogP) is 3.40. The van der Waals surface area contributed by atoms with Gasteiger partial charge < -0.3 is 10.6 Å². The number of hydrogen-bond acceptors (Lipinski definition) is 2. The number of amides is 2. The zero-order valence-electron chi connectivity index (χ0n) is 14.1. The van der Waals surface area contributed by atoms with Crippen LogP contribution in [0.25, 0.3) is 0 Å². The van der Waals surface area contributed by atoms with Crippen molar-refractivity contribution in [3.63, 3.8) is 0 Å². The van der Waals surface area contributed by atoms with Crippen molar-refractivity contribution in [3.8, 4) is 0 Å². The highest BCUT2D eigenvalue weighted by atomic mass is 16.2. The van der Waals surface area contributed by atoms with Crippen LogP contribution in [0, 0.1) is 13.8 Å². The van der Waals surface area contributed by atoms with Crippen molar-refractivity contribution < 1.29 is 9.59 Å². The molecule has 124 valence electrons. The minimum absolute atomic E-state index is 0.146. The van der Waals surface area contributed by atoms with Gasteiger partial charge in [-0.3, -0.25) is 9.59 Å². The molecule has 0 saturated carbocycles. The van der Waals surface area contributed by atoms with Gasteiger partial charge in [-0.2, -0.15) is 0 Å². The molecule has 4 heteroatoms. The zero-order valence-corrected chi connectivity index (χ0v) is 14.1. The van der Waals surface area contributed by atoms with Crippen LogP contribution in [0.3, 0.4) is 0 Å². The van der Waals surface area contributed by atoms with E-state index in [1.54, 1.807) is 30.3 Å². The maximum Gasteiger partial charge on any atom is 0.253 e. The number of anilines is 1. The van der Waals surface area contributed by atoms with Crippen LogP contribution < -0.4 is 10.6 Å². The molecular formula is C20H22N2O2. The molecule has 0 aromatic heterocycles. The van der Waals surface area contributed by atoms with E-state index in [1.807, 2.05) is 32.0 Å². The van der Waals surface area contributed by atoms with Crippen molar-refractivity contribution in [2.45, 2.75) is 20.3 Å². The summed E-state index contributed by atoms with van der Waals surface area (Å²) < 4.78 is 0. The van der Waals surface area contributed by atoms with Crippen LogP contribution >= 0.6 is 0 Å². The molecule has 0 aliphatic heterocycles. The molecule has 2 rings (SSSR count). The lowest BCUT2D eigenvalue weighted by molar-refractivity contribution is -0.115. The molecule has 2 aromatic rings. The topological polar surface area (TPSA) is 58.2 Å².